The van der Waals surface area contributed by atoms with Crippen LogP contribution in [0.3, 0.4) is 0 Å². The van der Waals surface area contributed by atoms with E-state index in [1.807, 2.05) is 95.6 Å². The zero-order valence-electron chi connectivity index (χ0n) is 58.0. The Hall–Kier alpha value is -6.64. The summed E-state index contributed by atoms with van der Waals surface area (Å²) < 4.78 is 20.2. The largest absolute Gasteiger partial charge is 0.494 e. The zero-order chi connectivity index (χ0) is 67.6. The molecule has 1 aliphatic rings. The Balaban J connectivity index is 1.13. The lowest BCUT2D eigenvalue weighted by molar-refractivity contribution is -0.148. The van der Waals surface area contributed by atoms with Crippen molar-refractivity contribution in [1.29, 1.82) is 0 Å². The van der Waals surface area contributed by atoms with Gasteiger partial charge in [0.15, 0.2) is 11.8 Å². The number of hydrogen-bond donors (Lipinski definition) is 5. The standard InChI is InChI=1S/C72H113N9O11/c1-15-19-29-51-37-39-54(40-38-51)69-76-77-70(92-69)55(44-52-30-22-20-23-31-52)32-26-34-58(82)50(10)67(91-14)57-33-27-43-80(57)63(86)46-59(90-13)66(49(9)16-2)79(12)72(89)64(47(5)6)73-68(87)65(48(7)8)78(11)41-28-36-61(84)75-74-60(83)35-24-21-25-42-81-62(85)45-56(71(81)88)53(17-3)18-4/h20,22-23,30-31,37-40,45,47-50,53,55,57,59,64-67,85,88H,15-19,21,24-29,32-36,41-44,46H2,1-14H3,(H,73,87)(H,74,83)(H,75,84). The molecular weight excluding hydrogens is 1170 g/mol. The quantitative estimate of drug-likeness (QED) is 0.0205. The molecule has 2 aromatic heterocycles. The fourth-order valence-corrected chi connectivity index (χ4v) is 13.4. The summed E-state index contributed by atoms with van der Waals surface area (Å²) in [5.74, 6) is -1.26. The van der Waals surface area contributed by atoms with Crippen LogP contribution in [0.1, 0.15) is 213 Å². The molecule has 0 radical (unpaired) electrons. The number of nitrogens with one attached hydrogen (secondary N) is 3. The van der Waals surface area contributed by atoms with Crippen molar-refractivity contribution in [3.63, 3.8) is 0 Å². The highest BCUT2D eigenvalue weighted by atomic mass is 16.5. The predicted octanol–water partition coefficient (Wildman–Crippen LogP) is 11.5. The molecule has 0 saturated carbocycles. The summed E-state index contributed by atoms with van der Waals surface area (Å²) in [6.45, 7) is 21.2. The van der Waals surface area contributed by atoms with Crippen LogP contribution in [0.5, 0.6) is 11.8 Å². The van der Waals surface area contributed by atoms with Crippen molar-refractivity contribution >= 4 is 35.3 Å². The number of aryl methyl sites for hydroxylation is 1. The molecule has 0 aliphatic carbocycles. The Bertz CT molecular complexity index is 2890. The number of nitrogens with zero attached hydrogens (tertiary/aromatic N) is 6. The second kappa shape index (κ2) is 38.5. The van der Waals surface area contributed by atoms with Gasteiger partial charge in [0.25, 0.3) is 0 Å². The van der Waals surface area contributed by atoms with Gasteiger partial charge in [0, 0.05) is 82.6 Å². The van der Waals surface area contributed by atoms with Gasteiger partial charge in [0.05, 0.1) is 36.8 Å². The Labute approximate surface area is 549 Å². The number of amides is 5. The van der Waals surface area contributed by atoms with E-state index in [1.165, 1.54) is 10.1 Å². The van der Waals surface area contributed by atoms with Gasteiger partial charge in [0.1, 0.15) is 11.8 Å². The maximum absolute atomic E-state index is 14.8. The van der Waals surface area contributed by atoms with Crippen LogP contribution < -0.4 is 16.2 Å². The normalized spacial score (nSPS) is 16.1. The summed E-state index contributed by atoms with van der Waals surface area (Å²) >= 11 is 0. The van der Waals surface area contributed by atoms with Crippen molar-refractivity contribution < 1.29 is 52.9 Å². The van der Waals surface area contributed by atoms with E-state index in [2.05, 4.69) is 71.4 Å². The molecule has 1 aliphatic heterocycles. The number of likely N-dealkylation sites (tertiary alicyclic amines) is 1. The van der Waals surface area contributed by atoms with Crippen molar-refractivity contribution in [1.82, 2.24) is 45.6 Å². The first kappa shape index (κ1) is 76.1. The molecule has 20 nitrogen and oxygen atoms in total. The molecule has 5 amide bonds. The zero-order valence-corrected chi connectivity index (χ0v) is 58.0. The number of ether oxygens (including phenoxy) is 2. The lowest BCUT2D eigenvalue weighted by atomic mass is 9.87. The molecule has 92 heavy (non-hydrogen) atoms. The maximum Gasteiger partial charge on any atom is 0.247 e. The molecule has 0 bridgehead atoms. The Morgan fingerprint density at radius 1 is 0.750 bits per heavy atom. The lowest BCUT2D eigenvalue weighted by Crippen LogP contribution is -2.60. The number of rotatable bonds is 41. The number of aromatic hydroxyl groups is 2. The summed E-state index contributed by atoms with van der Waals surface area (Å²) in [4.78, 5) is 88.9. The minimum absolute atomic E-state index is 0.0119. The Morgan fingerprint density at radius 3 is 2.03 bits per heavy atom. The van der Waals surface area contributed by atoms with E-state index in [0.29, 0.717) is 95.6 Å². The van der Waals surface area contributed by atoms with Gasteiger partial charge in [0.2, 0.25) is 41.3 Å². The first-order valence-electron chi connectivity index (χ1n) is 34.3. The van der Waals surface area contributed by atoms with E-state index in [9.17, 15) is 39.0 Å². The fraction of sp³-hybridized carbons (Fsp3) is 0.667. The van der Waals surface area contributed by atoms with Crippen molar-refractivity contribution in [2.45, 2.75) is 246 Å². The molecule has 5 N–H and O–H groups in total. The van der Waals surface area contributed by atoms with Crippen molar-refractivity contribution in [3.8, 4) is 23.2 Å². The number of likely N-dealkylation sites (N-methyl/N-ethyl adjacent to an activating group) is 2. The third-order valence-corrected chi connectivity index (χ3v) is 19.1. The van der Waals surface area contributed by atoms with Crippen LogP contribution in [0.2, 0.25) is 0 Å². The van der Waals surface area contributed by atoms with Gasteiger partial charge >= 0.3 is 0 Å². The van der Waals surface area contributed by atoms with Crippen LogP contribution in [0.15, 0.2) is 65.1 Å². The topological polar surface area (TPSA) is 251 Å². The summed E-state index contributed by atoms with van der Waals surface area (Å²) in [5.41, 5.74) is 9.02. The summed E-state index contributed by atoms with van der Waals surface area (Å²) in [6.07, 6.45) is 10.7. The van der Waals surface area contributed by atoms with Crippen molar-refractivity contribution in [3.05, 3.63) is 83.2 Å². The summed E-state index contributed by atoms with van der Waals surface area (Å²) in [5, 5.41) is 33.2. The van der Waals surface area contributed by atoms with Crippen LogP contribution in [0.4, 0.5) is 0 Å². The number of methoxy groups -OCH3 is 2. The van der Waals surface area contributed by atoms with Crippen molar-refractivity contribution in [2.24, 2.45) is 23.7 Å². The molecule has 1 fully saturated rings. The third-order valence-electron chi connectivity index (χ3n) is 19.1. The van der Waals surface area contributed by atoms with Crippen LogP contribution in [0.25, 0.3) is 11.5 Å². The molecule has 0 spiro atoms. The molecule has 2 aromatic carbocycles. The Morgan fingerprint density at radius 2 is 1.42 bits per heavy atom. The lowest BCUT2D eigenvalue weighted by Gasteiger charge is -2.41. The van der Waals surface area contributed by atoms with Crippen LogP contribution >= 0.6 is 0 Å². The average molecular weight is 1280 g/mol. The van der Waals surface area contributed by atoms with Gasteiger partial charge in [-0.25, -0.2) is 0 Å². The van der Waals surface area contributed by atoms with E-state index in [0.717, 1.165) is 55.2 Å². The van der Waals surface area contributed by atoms with Crippen LogP contribution in [0, 0.1) is 23.7 Å². The highest BCUT2D eigenvalue weighted by Crippen LogP contribution is 2.37. The molecule has 512 valence electrons. The summed E-state index contributed by atoms with van der Waals surface area (Å²) in [6, 6.07) is 17.7. The SMILES string of the molecule is CCCCc1ccc(-c2nnc(C(CCCC(=O)C(C)C(OC)C3CCCN3C(=O)CC(OC)C(C(C)CC)N(C)C(=O)C(NC(=O)C(C(C)C)N(C)CCCC(=O)NNC(=O)CCCCCn3c(O)cc(C(CC)CC)c3O)C(C)C)Cc3ccccc3)o2)cc1. The number of ketones is 1. The van der Waals surface area contributed by atoms with Gasteiger partial charge in [-0.2, -0.15) is 0 Å². The second-order valence-electron chi connectivity index (χ2n) is 26.4. The molecular formula is C72H113N9O11. The summed E-state index contributed by atoms with van der Waals surface area (Å²) in [7, 11) is 6.71. The van der Waals surface area contributed by atoms with Gasteiger partial charge in [-0.05, 0) is 138 Å². The first-order chi connectivity index (χ1) is 44.0. The van der Waals surface area contributed by atoms with Gasteiger partial charge < -0.3 is 39.2 Å². The number of hydrazine groups is 1. The number of carbonyl (C=O) groups excluding carboxylic acids is 6. The highest BCUT2D eigenvalue weighted by Gasteiger charge is 2.43. The van der Waals surface area contributed by atoms with E-state index < -0.39 is 36.3 Å². The van der Waals surface area contributed by atoms with E-state index in [1.54, 1.807) is 32.2 Å². The van der Waals surface area contributed by atoms with E-state index in [4.69, 9.17) is 13.9 Å². The number of Topliss-reactive ketones (excluding diaryl/α,β-unsaturated/α-hetero) is 1. The molecule has 20 heteroatoms. The highest BCUT2D eigenvalue weighted by molar-refractivity contribution is 5.90. The number of unbranched alkanes of at least 4 members (excludes halogenated alkanes) is 3. The number of aromatic nitrogens is 3. The minimum atomic E-state index is -0.903. The predicted molar refractivity (Wildman–Crippen MR) is 359 cm³/mol. The molecule has 1 saturated heterocycles. The molecule has 9 unspecified atom stereocenters. The number of benzene rings is 2. The van der Waals surface area contributed by atoms with Gasteiger partial charge in [-0.3, -0.25) is 49.1 Å². The molecule has 4 aromatic rings. The van der Waals surface area contributed by atoms with E-state index in [-0.39, 0.29) is 102 Å². The number of carbonyl (C=O) groups is 6. The molecule has 3 heterocycles. The molecule has 9 atom stereocenters. The minimum Gasteiger partial charge on any atom is -0.494 e. The molecule has 5 rings (SSSR count). The Kier molecular flexibility index (Phi) is 31.9. The average Bonchev–Trinajstić information content (AvgIpc) is 1.29. The second-order valence-corrected chi connectivity index (χ2v) is 26.4. The van der Waals surface area contributed by atoms with Gasteiger partial charge in [-0.15, -0.1) is 10.2 Å². The monoisotopic (exact) mass is 1280 g/mol. The fourth-order valence-electron chi connectivity index (χ4n) is 13.4. The van der Waals surface area contributed by atoms with Crippen LogP contribution in [-0.2, 0) is 57.6 Å². The van der Waals surface area contributed by atoms with Gasteiger partial charge in [-0.1, -0.05) is 131 Å². The van der Waals surface area contributed by atoms with Crippen LogP contribution in [-0.4, -0.2) is 153 Å². The first-order valence-corrected chi connectivity index (χ1v) is 34.3. The maximum atomic E-state index is 14.8. The third kappa shape index (κ3) is 21.7. The van der Waals surface area contributed by atoms with E-state index >= 15 is 0 Å². The van der Waals surface area contributed by atoms with Crippen molar-refractivity contribution in [2.75, 3.05) is 41.4 Å². The number of hydrogen-bond acceptors (Lipinski definition) is 14. The smallest absolute Gasteiger partial charge is 0.247 e.